The van der Waals surface area contributed by atoms with Crippen LogP contribution in [0.4, 0.5) is 4.79 Å². The van der Waals surface area contributed by atoms with E-state index in [0.717, 1.165) is 19.3 Å². The zero-order valence-electron chi connectivity index (χ0n) is 16.8. The molecule has 3 atom stereocenters. The molecule has 2 aliphatic rings. The van der Waals surface area contributed by atoms with E-state index in [9.17, 15) is 14.4 Å². The number of fused-ring (bicyclic) bond motifs is 1. The normalized spacial score (nSPS) is 26.8. The fraction of sp³-hybridized carbons (Fsp3) is 0.842. The fourth-order valence-electron chi connectivity index (χ4n) is 3.55. The lowest BCUT2D eigenvalue weighted by Gasteiger charge is -2.32. The minimum Gasteiger partial charge on any atom is -0.458 e. The maximum atomic E-state index is 13.1. The van der Waals surface area contributed by atoms with Crippen molar-refractivity contribution in [3.63, 3.8) is 0 Å². The summed E-state index contributed by atoms with van der Waals surface area (Å²) in [7, 11) is 0. The molecule has 2 rings (SSSR count). The zero-order chi connectivity index (χ0) is 19.7. The van der Waals surface area contributed by atoms with Gasteiger partial charge in [0.05, 0.1) is 0 Å². The van der Waals surface area contributed by atoms with Gasteiger partial charge in [-0.1, -0.05) is 0 Å². The molecule has 1 N–H and O–H groups in total. The number of nitrogens with one attached hydrogen (secondary N) is 1. The maximum Gasteiger partial charge on any atom is 0.408 e. The van der Waals surface area contributed by atoms with Crippen LogP contribution < -0.4 is 5.32 Å². The summed E-state index contributed by atoms with van der Waals surface area (Å²) in [6.45, 7) is 10.8. The third-order valence-corrected chi connectivity index (χ3v) is 4.46. The number of esters is 1. The highest BCUT2D eigenvalue weighted by molar-refractivity contribution is 5.90. The van der Waals surface area contributed by atoms with Crippen LogP contribution in [0.2, 0.25) is 0 Å². The van der Waals surface area contributed by atoms with Gasteiger partial charge in [0.25, 0.3) is 0 Å². The Kier molecular flexibility index (Phi) is 5.88. The van der Waals surface area contributed by atoms with Crippen molar-refractivity contribution in [1.29, 1.82) is 0 Å². The first-order chi connectivity index (χ1) is 11.9. The molecule has 0 aromatic rings. The van der Waals surface area contributed by atoms with Crippen LogP contribution in [0.25, 0.3) is 0 Å². The van der Waals surface area contributed by atoms with Crippen molar-refractivity contribution in [1.82, 2.24) is 10.2 Å². The van der Waals surface area contributed by atoms with Crippen molar-refractivity contribution in [2.75, 3.05) is 0 Å². The molecule has 2 amide bonds. The molecule has 26 heavy (non-hydrogen) atoms. The Balaban J connectivity index is 2.11. The first-order valence-electron chi connectivity index (χ1n) is 9.42. The second-order valence-corrected chi connectivity index (χ2v) is 9.16. The SMILES string of the molecule is CC(C)(C)OC(=O)NC1CCCC2CCC(C(=O)OC(C)(C)C)N2C1=O. The molecule has 7 heteroatoms. The molecule has 0 aromatic carbocycles. The summed E-state index contributed by atoms with van der Waals surface area (Å²) < 4.78 is 10.8. The van der Waals surface area contributed by atoms with Gasteiger partial charge in [0.2, 0.25) is 5.91 Å². The molecule has 2 saturated heterocycles. The van der Waals surface area contributed by atoms with Gasteiger partial charge in [-0.2, -0.15) is 0 Å². The molecular weight excluding hydrogens is 336 g/mol. The molecule has 2 heterocycles. The Bertz CT molecular complexity index is 561. The van der Waals surface area contributed by atoms with E-state index in [0.29, 0.717) is 12.8 Å². The second-order valence-electron chi connectivity index (χ2n) is 9.16. The summed E-state index contributed by atoms with van der Waals surface area (Å²) in [6, 6.07) is -1.21. The lowest BCUT2D eigenvalue weighted by molar-refractivity contribution is -0.164. The lowest BCUT2D eigenvalue weighted by atomic mass is 10.1. The highest BCUT2D eigenvalue weighted by Crippen LogP contribution is 2.33. The van der Waals surface area contributed by atoms with Crippen LogP contribution in [0, 0.1) is 0 Å². The molecule has 0 saturated carbocycles. The molecule has 2 fully saturated rings. The van der Waals surface area contributed by atoms with E-state index >= 15 is 0 Å². The summed E-state index contributed by atoms with van der Waals surface area (Å²) in [5.41, 5.74) is -1.23. The molecule has 2 aliphatic heterocycles. The molecule has 7 nitrogen and oxygen atoms in total. The number of alkyl carbamates (subject to hydrolysis) is 1. The number of carbonyl (C=O) groups is 3. The van der Waals surface area contributed by atoms with E-state index in [4.69, 9.17) is 9.47 Å². The van der Waals surface area contributed by atoms with E-state index in [1.807, 2.05) is 20.8 Å². The molecule has 0 bridgehead atoms. The Labute approximate surface area is 155 Å². The molecule has 0 radical (unpaired) electrons. The van der Waals surface area contributed by atoms with Crippen molar-refractivity contribution in [2.45, 2.75) is 103 Å². The van der Waals surface area contributed by atoms with Gasteiger partial charge < -0.3 is 19.7 Å². The van der Waals surface area contributed by atoms with Gasteiger partial charge in [-0.05, 0) is 73.6 Å². The summed E-state index contributed by atoms with van der Waals surface area (Å²) in [6.07, 6.45) is 2.97. The van der Waals surface area contributed by atoms with Crippen LogP contribution >= 0.6 is 0 Å². The third-order valence-electron chi connectivity index (χ3n) is 4.46. The highest BCUT2D eigenvalue weighted by atomic mass is 16.6. The van der Waals surface area contributed by atoms with Crippen LogP contribution in [0.3, 0.4) is 0 Å². The minimum absolute atomic E-state index is 0.0328. The van der Waals surface area contributed by atoms with E-state index in [-0.39, 0.29) is 17.9 Å². The van der Waals surface area contributed by atoms with Gasteiger partial charge in [0.1, 0.15) is 23.3 Å². The molecule has 148 valence electrons. The number of carbonyl (C=O) groups excluding carboxylic acids is 3. The average Bonchev–Trinajstić information content (AvgIpc) is 2.79. The minimum atomic E-state index is -0.669. The number of hydrogen-bond acceptors (Lipinski definition) is 5. The smallest absolute Gasteiger partial charge is 0.408 e. The van der Waals surface area contributed by atoms with Gasteiger partial charge in [0.15, 0.2) is 0 Å². The molecule has 0 spiro atoms. The quantitative estimate of drug-likeness (QED) is 0.758. The Morgan fingerprint density at radius 3 is 2.15 bits per heavy atom. The molecule has 3 unspecified atom stereocenters. The van der Waals surface area contributed by atoms with Gasteiger partial charge in [0, 0.05) is 6.04 Å². The molecule has 0 aromatic heterocycles. The number of amides is 2. The van der Waals surface area contributed by atoms with E-state index < -0.39 is 29.4 Å². The van der Waals surface area contributed by atoms with Crippen LogP contribution in [0.1, 0.15) is 73.6 Å². The monoisotopic (exact) mass is 368 g/mol. The van der Waals surface area contributed by atoms with Crippen LogP contribution in [-0.2, 0) is 19.1 Å². The van der Waals surface area contributed by atoms with Crippen molar-refractivity contribution < 1.29 is 23.9 Å². The summed E-state index contributed by atoms with van der Waals surface area (Å²) in [5.74, 6) is -0.585. The first kappa shape index (κ1) is 20.5. The van der Waals surface area contributed by atoms with Gasteiger partial charge in [-0.25, -0.2) is 9.59 Å². The predicted molar refractivity (Wildman–Crippen MR) is 96.5 cm³/mol. The lowest BCUT2D eigenvalue weighted by Crippen LogP contribution is -2.54. The fourth-order valence-corrected chi connectivity index (χ4v) is 3.55. The average molecular weight is 368 g/mol. The van der Waals surface area contributed by atoms with Crippen molar-refractivity contribution >= 4 is 18.0 Å². The Morgan fingerprint density at radius 2 is 1.58 bits per heavy atom. The standard InChI is InChI=1S/C19H32N2O5/c1-18(2,3)25-16(23)14-11-10-12-8-7-9-13(15(22)21(12)14)20-17(24)26-19(4,5)6/h12-14H,7-11H2,1-6H3,(H,20,24). The van der Waals surface area contributed by atoms with Crippen LogP contribution in [0.5, 0.6) is 0 Å². The van der Waals surface area contributed by atoms with Gasteiger partial charge >= 0.3 is 12.1 Å². The van der Waals surface area contributed by atoms with Crippen molar-refractivity contribution in [3.05, 3.63) is 0 Å². The van der Waals surface area contributed by atoms with E-state index in [2.05, 4.69) is 5.32 Å². The Morgan fingerprint density at radius 1 is 0.962 bits per heavy atom. The summed E-state index contributed by atoms with van der Waals surface area (Å²) >= 11 is 0. The third kappa shape index (κ3) is 5.35. The zero-order valence-corrected chi connectivity index (χ0v) is 16.8. The van der Waals surface area contributed by atoms with E-state index in [1.165, 1.54) is 0 Å². The number of rotatable bonds is 2. The predicted octanol–water partition coefficient (Wildman–Crippen LogP) is 2.76. The van der Waals surface area contributed by atoms with Gasteiger partial charge in [-0.3, -0.25) is 4.79 Å². The second kappa shape index (κ2) is 7.45. The van der Waals surface area contributed by atoms with Gasteiger partial charge in [-0.15, -0.1) is 0 Å². The number of nitrogens with zero attached hydrogens (tertiary/aromatic N) is 1. The van der Waals surface area contributed by atoms with E-state index in [1.54, 1.807) is 25.7 Å². The van der Waals surface area contributed by atoms with Crippen LogP contribution in [0.15, 0.2) is 0 Å². The van der Waals surface area contributed by atoms with Crippen molar-refractivity contribution in [2.24, 2.45) is 0 Å². The number of hydrogen-bond donors (Lipinski definition) is 1. The van der Waals surface area contributed by atoms with Crippen LogP contribution in [-0.4, -0.2) is 52.2 Å². The van der Waals surface area contributed by atoms with Crippen molar-refractivity contribution in [3.8, 4) is 0 Å². The summed E-state index contributed by atoms with van der Waals surface area (Å²) in [5, 5.41) is 2.68. The first-order valence-corrected chi connectivity index (χ1v) is 9.42. The summed E-state index contributed by atoms with van der Waals surface area (Å²) in [4.78, 5) is 39.3. The maximum absolute atomic E-state index is 13.1. The topological polar surface area (TPSA) is 84.9 Å². The molecule has 0 aliphatic carbocycles. The highest BCUT2D eigenvalue weighted by Gasteiger charge is 2.46. The number of ether oxygens (including phenoxy) is 2. The molecular formula is C19H32N2O5. The Hall–Kier alpha value is -1.79. The largest absolute Gasteiger partial charge is 0.458 e.